The Morgan fingerprint density at radius 2 is 1.61 bits per heavy atom. The van der Waals surface area contributed by atoms with Gasteiger partial charge in [-0.25, -0.2) is 0 Å². The van der Waals surface area contributed by atoms with Crippen molar-refractivity contribution in [3.8, 4) is 0 Å². The zero-order valence-electron chi connectivity index (χ0n) is 19.9. The van der Waals surface area contributed by atoms with Gasteiger partial charge in [0, 0.05) is 5.56 Å². The number of rotatable bonds is 6. The van der Waals surface area contributed by atoms with Gasteiger partial charge in [0.25, 0.3) is 0 Å². The number of amides is 1. The Balaban J connectivity index is 1.77. The van der Waals surface area contributed by atoms with Crippen LogP contribution in [-0.4, -0.2) is 35.6 Å². The van der Waals surface area contributed by atoms with E-state index in [-0.39, 0.29) is 0 Å². The predicted molar refractivity (Wildman–Crippen MR) is 125 cm³/mol. The van der Waals surface area contributed by atoms with Gasteiger partial charge in [-0.05, 0) is 64.2 Å². The fourth-order valence-corrected chi connectivity index (χ4v) is 4.06. The van der Waals surface area contributed by atoms with Crippen LogP contribution in [0, 0.1) is 5.92 Å². The molecule has 3 rings (SSSR count). The van der Waals surface area contributed by atoms with Gasteiger partial charge in [-0.1, -0.05) is 48.5 Å². The second kappa shape index (κ2) is 9.30. The zero-order chi connectivity index (χ0) is 24.4. The summed E-state index contributed by atoms with van der Waals surface area (Å²) in [4.78, 5) is 51.0. The van der Waals surface area contributed by atoms with E-state index in [2.05, 4.69) is 17.4 Å². The largest absolute Gasteiger partial charge is 0.459 e. The molecule has 1 aliphatic carbocycles. The number of carbonyl (C=O) groups is 4. The normalized spacial score (nSPS) is 17.3. The molecule has 0 aromatic heterocycles. The van der Waals surface area contributed by atoms with Crippen LogP contribution in [-0.2, 0) is 37.4 Å². The molecule has 0 radical (unpaired) electrons. The molecule has 1 N–H and O–H groups in total. The van der Waals surface area contributed by atoms with Crippen molar-refractivity contribution in [1.82, 2.24) is 5.32 Å². The van der Waals surface area contributed by atoms with E-state index in [0.29, 0.717) is 11.1 Å². The highest BCUT2D eigenvalue weighted by atomic mass is 16.6. The summed E-state index contributed by atoms with van der Waals surface area (Å²) in [5.74, 6) is -3.89. The van der Waals surface area contributed by atoms with Crippen LogP contribution in [0.2, 0.25) is 0 Å². The SMILES string of the molecule is CC(C)(C)OC(=O)CNC(=O)C1C(=O)c2ccc(CCc3ccccc3)cc2C(C)(C)C1=O. The third-order valence-electron chi connectivity index (χ3n) is 5.80. The number of ether oxygens (including phenoxy) is 1. The van der Waals surface area contributed by atoms with E-state index in [0.717, 1.165) is 18.4 Å². The molecule has 1 amide bonds. The van der Waals surface area contributed by atoms with Crippen LogP contribution in [0.4, 0.5) is 0 Å². The van der Waals surface area contributed by atoms with Gasteiger partial charge in [0.05, 0.1) is 5.41 Å². The van der Waals surface area contributed by atoms with E-state index in [1.54, 1.807) is 40.7 Å². The van der Waals surface area contributed by atoms with E-state index < -0.39 is 46.9 Å². The quantitative estimate of drug-likeness (QED) is 0.538. The number of benzene rings is 2. The summed E-state index contributed by atoms with van der Waals surface area (Å²) < 4.78 is 5.17. The summed E-state index contributed by atoms with van der Waals surface area (Å²) in [6.07, 6.45) is 1.62. The van der Waals surface area contributed by atoms with Gasteiger partial charge in [-0.2, -0.15) is 0 Å². The summed E-state index contributed by atoms with van der Waals surface area (Å²) in [7, 11) is 0. The Kier molecular flexibility index (Phi) is 6.86. The summed E-state index contributed by atoms with van der Waals surface area (Å²) in [5.41, 5.74) is 1.54. The molecule has 6 heteroatoms. The number of esters is 1. The molecule has 1 aliphatic rings. The Hall–Kier alpha value is -3.28. The molecule has 0 heterocycles. The lowest BCUT2D eigenvalue weighted by molar-refractivity contribution is -0.155. The van der Waals surface area contributed by atoms with Crippen LogP contribution >= 0.6 is 0 Å². The van der Waals surface area contributed by atoms with E-state index in [1.165, 1.54) is 5.56 Å². The highest BCUT2D eigenvalue weighted by Crippen LogP contribution is 2.37. The first-order valence-corrected chi connectivity index (χ1v) is 11.2. The lowest BCUT2D eigenvalue weighted by Gasteiger charge is -2.34. The second-order valence-electron chi connectivity index (χ2n) is 9.96. The van der Waals surface area contributed by atoms with E-state index in [1.807, 2.05) is 30.3 Å². The standard InChI is InChI=1S/C27H31NO5/c1-26(2,3)33-21(29)16-28-25(32)22-23(30)19-14-13-18(12-11-17-9-7-6-8-10-17)15-20(19)27(4,5)24(22)31/h6-10,13-15,22H,11-12,16H2,1-5H3,(H,28,32). The minimum Gasteiger partial charge on any atom is -0.459 e. The number of carbonyl (C=O) groups excluding carboxylic acids is 4. The molecule has 2 aromatic rings. The molecule has 0 saturated carbocycles. The molecule has 33 heavy (non-hydrogen) atoms. The average molecular weight is 450 g/mol. The number of nitrogens with one attached hydrogen (secondary N) is 1. The van der Waals surface area contributed by atoms with Gasteiger partial charge >= 0.3 is 5.97 Å². The number of Topliss-reactive ketones (excluding diaryl/α,β-unsaturated/α-hetero) is 2. The van der Waals surface area contributed by atoms with Gasteiger partial charge in [-0.3, -0.25) is 19.2 Å². The van der Waals surface area contributed by atoms with Crippen molar-refractivity contribution in [3.63, 3.8) is 0 Å². The molecule has 1 atom stereocenters. The van der Waals surface area contributed by atoms with Crippen molar-refractivity contribution >= 4 is 23.4 Å². The second-order valence-corrected chi connectivity index (χ2v) is 9.96. The molecular weight excluding hydrogens is 418 g/mol. The summed E-state index contributed by atoms with van der Waals surface area (Å²) in [6, 6.07) is 15.6. The molecule has 174 valence electrons. The van der Waals surface area contributed by atoms with Crippen LogP contribution < -0.4 is 5.32 Å². The molecule has 0 bridgehead atoms. The maximum atomic E-state index is 13.2. The fourth-order valence-electron chi connectivity index (χ4n) is 4.06. The van der Waals surface area contributed by atoms with Gasteiger partial charge in [-0.15, -0.1) is 0 Å². The van der Waals surface area contributed by atoms with Crippen molar-refractivity contribution in [2.45, 2.75) is 58.5 Å². The Morgan fingerprint density at radius 3 is 2.24 bits per heavy atom. The lowest BCUT2D eigenvalue weighted by atomic mass is 9.66. The van der Waals surface area contributed by atoms with Crippen LogP contribution in [0.1, 0.15) is 61.7 Å². The number of hydrogen-bond acceptors (Lipinski definition) is 5. The summed E-state index contributed by atoms with van der Waals surface area (Å²) >= 11 is 0. The van der Waals surface area contributed by atoms with Gasteiger partial charge in [0.15, 0.2) is 17.5 Å². The van der Waals surface area contributed by atoms with E-state index in [9.17, 15) is 19.2 Å². The molecule has 2 aromatic carbocycles. The first-order valence-electron chi connectivity index (χ1n) is 11.2. The highest BCUT2D eigenvalue weighted by molar-refractivity contribution is 6.28. The minimum atomic E-state index is -1.48. The summed E-state index contributed by atoms with van der Waals surface area (Å²) in [5, 5.41) is 2.40. The van der Waals surface area contributed by atoms with Crippen LogP contribution in [0.25, 0.3) is 0 Å². The molecular formula is C27H31NO5. The van der Waals surface area contributed by atoms with Crippen LogP contribution in [0.5, 0.6) is 0 Å². The molecule has 0 saturated heterocycles. The molecule has 1 unspecified atom stereocenters. The van der Waals surface area contributed by atoms with Gasteiger partial charge in [0.2, 0.25) is 5.91 Å². The predicted octanol–water partition coefficient (Wildman–Crippen LogP) is 3.59. The van der Waals surface area contributed by atoms with Crippen molar-refractivity contribution in [3.05, 3.63) is 70.8 Å². The maximum absolute atomic E-state index is 13.2. The van der Waals surface area contributed by atoms with Gasteiger partial charge in [0.1, 0.15) is 12.1 Å². The third-order valence-corrected chi connectivity index (χ3v) is 5.80. The van der Waals surface area contributed by atoms with Crippen molar-refractivity contribution in [2.75, 3.05) is 6.54 Å². The fraction of sp³-hybridized carbons (Fsp3) is 0.407. The first kappa shape index (κ1) is 24.4. The van der Waals surface area contributed by atoms with Crippen LogP contribution in [0.15, 0.2) is 48.5 Å². The number of hydrogen-bond donors (Lipinski definition) is 1. The topological polar surface area (TPSA) is 89.5 Å². The van der Waals surface area contributed by atoms with E-state index >= 15 is 0 Å². The Morgan fingerprint density at radius 1 is 0.970 bits per heavy atom. The minimum absolute atomic E-state index is 0.375. The smallest absolute Gasteiger partial charge is 0.325 e. The molecule has 6 nitrogen and oxygen atoms in total. The van der Waals surface area contributed by atoms with Gasteiger partial charge < -0.3 is 10.1 Å². The average Bonchev–Trinajstić information content (AvgIpc) is 2.75. The van der Waals surface area contributed by atoms with Crippen LogP contribution in [0.3, 0.4) is 0 Å². The highest BCUT2D eigenvalue weighted by Gasteiger charge is 2.49. The Labute approximate surface area is 194 Å². The molecule has 0 aliphatic heterocycles. The Bertz CT molecular complexity index is 1080. The van der Waals surface area contributed by atoms with E-state index in [4.69, 9.17) is 4.74 Å². The lowest BCUT2D eigenvalue weighted by Crippen LogP contribution is -2.51. The van der Waals surface area contributed by atoms with Crippen molar-refractivity contribution < 1.29 is 23.9 Å². The van der Waals surface area contributed by atoms with Crippen molar-refractivity contribution in [1.29, 1.82) is 0 Å². The maximum Gasteiger partial charge on any atom is 0.325 e. The first-order chi connectivity index (χ1) is 15.4. The number of fused-ring (bicyclic) bond motifs is 1. The molecule has 0 spiro atoms. The van der Waals surface area contributed by atoms with Crippen molar-refractivity contribution in [2.24, 2.45) is 5.92 Å². The number of aryl methyl sites for hydroxylation is 2. The monoisotopic (exact) mass is 449 g/mol. The summed E-state index contributed by atoms with van der Waals surface area (Å²) in [6.45, 7) is 8.21. The zero-order valence-corrected chi connectivity index (χ0v) is 19.9. The number of ketones is 2. The molecule has 0 fully saturated rings. The third kappa shape index (κ3) is 5.56.